The molecule has 2 aromatic rings. The molecule has 35 heavy (non-hydrogen) atoms. The Morgan fingerprint density at radius 3 is 2.17 bits per heavy atom. The molecule has 2 aromatic carbocycles. The Morgan fingerprint density at radius 2 is 1.63 bits per heavy atom. The van der Waals surface area contributed by atoms with E-state index >= 15 is 0 Å². The van der Waals surface area contributed by atoms with E-state index in [-0.39, 0.29) is 12.5 Å². The number of carbonyl (C=O) groups is 3. The summed E-state index contributed by atoms with van der Waals surface area (Å²) in [5.41, 5.74) is -1.04. The lowest BCUT2D eigenvalue weighted by Crippen LogP contribution is -2.52. The Bertz CT molecular complexity index is 1020. The van der Waals surface area contributed by atoms with Crippen molar-refractivity contribution in [1.29, 1.82) is 0 Å². The van der Waals surface area contributed by atoms with Crippen LogP contribution in [0.15, 0.2) is 48.5 Å². The van der Waals surface area contributed by atoms with E-state index in [9.17, 15) is 27.6 Å². The van der Waals surface area contributed by atoms with Gasteiger partial charge in [-0.15, -0.1) is 0 Å². The standard InChI is InChI=1S/C25H30F3N3O4/c1-5-31(15-21(32)29-20-10-8-7-9-19(20)25(26,27)28)24(34)22(16(3)4)30-23(33)17-11-13-18(14-12-17)35-6-2/h7-14,16,22H,5-6,15H2,1-4H3,(H,29,32)(H,30,33). The third kappa shape index (κ3) is 7.73. The van der Waals surface area contributed by atoms with Gasteiger partial charge in [0.15, 0.2) is 0 Å². The summed E-state index contributed by atoms with van der Waals surface area (Å²) in [5, 5.41) is 4.93. The number of benzene rings is 2. The maximum atomic E-state index is 13.2. The van der Waals surface area contributed by atoms with Gasteiger partial charge in [0, 0.05) is 12.1 Å². The molecule has 0 fully saturated rings. The van der Waals surface area contributed by atoms with Gasteiger partial charge in [0.25, 0.3) is 5.91 Å². The minimum absolute atomic E-state index is 0.120. The maximum absolute atomic E-state index is 13.2. The van der Waals surface area contributed by atoms with Crippen molar-refractivity contribution < 1.29 is 32.3 Å². The lowest BCUT2D eigenvalue weighted by atomic mass is 10.0. The zero-order valence-electron chi connectivity index (χ0n) is 20.1. The molecular formula is C25H30F3N3O4. The fraction of sp³-hybridized carbons (Fsp3) is 0.400. The highest BCUT2D eigenvalue weighted by Crippen LogP contribution is 2.34. The normalized spacial score (nSPS) is 12.1. The number of amides is 3. The molecule has 3 amide bonds. The Labute approximate surface area is 202 Å². The van der Waals surface area contributed by atoms with E-state index in [0.29, 0.717) is 17.9 Å². The summed E-state index contributed by atoms with van der Waals surface area (Å²) < 4.78 is 45.0. The molecule has 0 aliphatic carbocycles. The van der Waals surface area contributed by atoms with E-state index in [2.05, 4.69) is 10.6 Å². The molecule has 0 bridgehead atoms. The van der Waals surface area contributed by atoms with Crippen LogP contribution in [0.1, 0.15) is 43.6 Å². The number of hydrogen-bond donors (Lipinski definition) is 2. The third-order valence-electron chi connectivity index (χ3n) is 5.18. The minimum Gasteiger partial charge on any atom is -0.494 e. The predicted octanol–water partition coefficient (Wildman–Crippen LogP) is 4.35. The zero-order valence-corrected chi connectivity index (χ0v) is 20.1. The predicted molar refractivity (Wildman–Crippen MR) is 126 cm³/mol. The summed E-state index contributed by atoms with van der Waals surface area (Å²) in [4.78, 5) is 39.6. The van der Waals surface area contributed by atoms with E-state index in [1.807, 2.05) is 6.92 Å². The van der Waals surface area contributed by atoms with E-state index < -0.39 is 47.7 Å². The quantitative estimate of drug-likeness (QED) is 0.515. The van der Waals surface area contributed by atoms with Crippen molar-refractivity contribution in [3.8, 4) is 5.75 Å². The molecule has 1 atom stereocenters. The molecule has 0 saturated carbocycles. The van der Waals surface area contributed by atoms with Crippen LogP contribution >= 0.6 is 0 Å². The van der Waals surface area contributed by atoms with Gasteiger partial charge in [0.05, 0.1) is 24.4 Å². The fourth-order valence-electron chi connectivity index (χ4n) is 3.35. The first kappa shape index (κ1) is 27.7. The second-order valence-corrected chi connectivity index (χ2v) is 8.10. The molecule has 10 heteroatoms. The van der Waals surface area contributed by atoms with Crippen LogP contribution < -0.4 is 15.4 Å². The average Bonchev–Trinajstić information content (AvgIpc) is 2.80. The number of anilines is 1. The van der Waals surface area contributed by atoms with E-state index in [4.69, 9.17) is 4.74 Å². The van der Waals surface area contributed by atoms with Crippen LogP contribution in [0.5, 0.6) is 5.75 Å². The largest absolute Gasteiger partial charge is 0.494 e. The van der Waals surface area contributed by atoms with Crippen molar-refractivity contribution in [2.75, 3.05) is 25.0 Å². The van der Waals surface area contributed by atoms with Crippen molar-refractivity contribution in [3.63, 3.8) is 0 Å². The molecule has 2 N–H and O–H groups in total. The van der Waals surface area contributed by atoms with Crippen molar-refractivity contribution in [2.24, 2.45) is 5.92 Å². The van der Waals surface area contributed by atoms with Gasteiger partial charge in [-0.05, 0) is 56.2 Å². The van der Waals surface area contributed by atoms with Crippen LogP contribution in [0.4, 0.5) is 18.9 Å². The van der Waals surface area contributed by atoms with E-state index in [1.165, 1.54) is 17.0 Å². The second kappa shape index (κ2) is 12.2. The molecule has 0 heterocycles. The molecule has 0 aromatic heterocycles. The average molecular weight is 494 g/mol. The highest BCUT2D eigenvalue weighted by molar-refractivity contribution is 5.99. The summed E-state index contributed by atoms with van der Waals surface area (Å²) in [7, 11) is 0. The van der Waals surface area contributed by atoms with Crippen LogP contribution in [0.3, 0.4) is 0 Å². The van der Waals surface area contributed by atoms with Gasteiger partial charge in [-0.3, -0.25) is 14.4 Å². The number of para-hydroxylation sites is 1. The van der Waals surface area contributed by atoms with Gasteiger partial charge in [-0.1, -0.05) is 26.0 Å². The second-order valence-electron chi connectivity index (χ2n) is 8.10. The molecule has 0 radical (unpaired) electrons. The van der Waals surface area contributed by atoms with Gasteiger partial charge in [0.2, 0.25) is 11.8 Å². The number of halogens is 3. The van der Waals surface area contributed by atoms with Crippen molar-refractivity contribution in [2.45, 2.75) is 39.9 Å². The first-order valence-electron chi connectivity index (χ1n) is 11.3. The maximum Gasteiger partial charge on any atom is 0.418 e. The lowest BCUT2D eigenvalue weighted by Gasteiger charge is -2.29. The number of rotatable bonds is 10. The van der Waals surface area contributed by atoms with Gasteiger partial charge >= 0.3 is 6.18 Å². The molecule has 7 nitrogen and oxygen atoms in total. The number of likely N-dealkylation sites (N-methyl/N-ethyl adjacent to an activating group) is 1. The van der Waals surface area contributed by atoms with E-state index in [0.717, 1.165) is 12.1 Å². The Hall–Kier alpha value is -3.56. The van der Waals surface area contributed by atoms with Gasteiger partial charge in [-0.2, -0.15) is 13.2 Å². The fourth-order valence-corrected chi connectivity index (χ4v) is 3.35. The molecule has 1 unspecified atom stereocenters. The third-order valence-corrected chi connectivity index (χ3v) is 5.18. The van der Waals surface area contributed by atoms with Crippen molar-refractivity contribution in [3.05, 3.63) is 59.7 Å². The molecule has 0 spiro atoms. The summed E-state index contributed by atoms with van der Waals surface area (Å²) >= 11 is 0. The molecule has 0 saturated heterocycles. The summed E-state index contributed by atoms with van der Waals surface area (Å²) in [6.45, 7) is 7.11. The highest BCUT2D eigenvalue weighted by atomic mass is 19.4. The number of ether oxygens (including phenoxy) is 1. The smallest absolute Gasteiger partial charge is 0.418 e. The lowest BCUT2D eigenvalue weighted by molar-refractivity contribution is -0.138. The molecule has 190 valence electrons. The number of nitrogens with one attached hydrogen (secondary N) is 2. The first-order chi connectivity index (χ1) is 16.5. The number of nitrogens with zero attached hydrogens (tertiary/aromatic N) is 1. The first-order valence-corrected chi connectivity index (χ1v) is 11.3. The van der Waals surface area contributed by atoms with Gasteiger partial charge in [0.1, 0.15) is 11.8 Å². The molecule has 2 rings (SSSR count). The number of carbonyl (C=O) groups excluding carboxylic acids is 3. The van der Waals surface area contributed by atoms with Crippen LogP contribution in [0.25, 0.3) is 0 Å². The van der Waals surface area contributed by atoms with E-state index in [1.54, 1.807) is 45.0 Å². The van der Waals surface area contributed by atoms with Crippen LogP contribution in [0, 0.1) is 5.92 Å². The Balaban J connectivity index is 2.11. The van der Waals surface area contributed by atoms with Crippen LogP contribution in [-0.4, -0.2) is 48.4 Å². The summed E-state index contributed by atoms with van der Waals surface area (Å²) in [6.07, 6.45) is -4.64. The Kier molecular flexibility index (Phi) is 9.68. The van der Waals surface area contributed by atoms with Crippen LogP contribution in [0.2, 0.25) is 0 Å². The van der Waals surface area contributed by atoms with Gasteiger partial charge < -0.3 is 20.3 Å². The highest BCUT2D eigenvalue weighted by Gasteiger charge is 2.34. The molecule has 0 aliphatic heterocycles. The zero-order chi connectivity index (χ0) is 26.2. The molecule has 0 aliphatic rings. The minimum atomic E-state index is -4.64. The monoisotopic (exact) mass is 493 g/mol. The Morgan fingerprint density at radius 1 is 1.00 bits per heavy atom. The topological polar surface area (TPSA) is 87.7 Å². The summed E-state index contributed by atoms with van der Waals surface area (Å²) in [5.74, 6) is -1.47. The van der Waals surface area contributed by atoms with Gasteiger partial charge in [-0.25, -0.2) is 0 Å². The van der Waals surface area contributed by atoms with Crippen molar-refractivity contribution in [1.82, 2.24) is 10.2 Å². The number of hydrogen-bond acceptors (Lipinski definition) is 4. The number of alkyl halides is 3. The van der Waals surface area contributed by atoms with Crippen molar-refractivity contribution >= 4 is 23.4 Å². The summed E-state index contributed by atoms with van der Waals surface area (Å²) in [6, 6.07) is 10.1. The molecular weight excluding hydrogens is 463 g/mol. The SMILES string of the molecule is CCOc1ccc(C(=O)NC(C(=O)N(CC)CC(=O)Nc2ccccc2C(F)(F)F)C(C)C)cc1. The van der Waals surface area contributed by atoms with Crippen LogP contribution in [-0.2, 0) is 15.8 Å².